The van der Waals surface area contributed by atoms with Gasteiger partial charge in [0.05, 0.1) is 22.9 Å². The number of hydrazone groups is 1. The van der Waals surface area contributed by atoms with Crippen LogP contribution >= 0.6 is 23.2 Å². The Hall–Kier alpha value is -2.96. The molecule has 3 N–H and O–H groups in total. The standard InChI is InChI=1S/C26H27Cl2N5O4S2/c1-18(17-38(29,34)35)15-30-26(32-39(36,37)23-13-11-22(28)12-14-23)33-16-24(19-5-3-2-4-6-19)25(31-33)20-7-9-21(27)10-8-20/h2-14,18,24H,15-17H2,1H3,(H,30,32)(H2,29,34,35)/t18?,24-/m0/s1. The van der Waals surface area contributed by atoms with Crippen molar-refractivity contribution in [3.8, 4) is 0 Å². The SMILES string of the molecule is CC(CN/C(=N\S(=O)(=O)c1ccc(Cl)cc1)N1C[C@@H](c2ccccc2)C(c2ccc(Cl)cc2)=N1)CS(N)(=O)=O. The molecule has 0 aliphatic carbocycles. The van der Waals surface area contributed by atoms with Crippen LogP contribution in [-0.2, 0) is 20.0 Å². The number of primary sulfonamides is 1. The Kier molecular flexibility index (Phi) is 8.97. The molecule has 2 atom stereocenters. The van der Waals surface area contributed by atoms with Gasteiger partial charge in [0.25, 0.3) is 10.0 Å². The zero-order valence-electron chi connectivity index (χ0n) is 20.9. The Balaban J connectivity index is 1.75. The van der Waals surface area contributed by atoms with Crippen LogP contribution in [-0.4, -0.2) is 52.4 Å². The molecule has 9 nitrogen and oxygen atoms in total. The van der Waals surface area contributed by atoms with Gasteiger partial charge in [-0.15, -0.1) is 4.40 Å². The van der Waals surface area contributed by atoms with E-state index < -0.39 is 26.0 Å². The average molecular weight is 609 g/mol. The lowest BCUT2D eigenvalue weighted by Crippen LogP contribution is -2.41. The molecule has 3 aromatic carbocycles. The van der Waals surface area contributed by atoms with E-state index >= 15 is 0 Å². The third kappa shape index (κ3) is 7.80. The first-order valence-electron chi connectivity index (χ1n) is 11.9. The van der Waals surface area contributed by atoms with Crippen LogP contribution in [0.2, 0.25) is 10.0 Å². The molecule has 0 saturated heterocycles. The second kappa shape index (κ2) is 12.1. The molecule has 13 heteroatoms. The number of guanidine groups is 1. The van der Waals surface area contributed by atoms with Crippen LogP contribution in [0.4, 0.5) is 0 Å². The molecule has 1 aliphatic rings. The summed E-state index contributed by atoms with van der Waals surface area (Å²) in [7, 11) is -7.90. The van der Waals surface area contributed by atoms with Crippen molar-refractivity contribution in [2.24, 2.45) is 20.6 Å². The predicted octanol–water partition coefficient (Wildman–Crippen LogP) is 4.06. The molecular formula is C26H27Cl2N5O4S2. The number of halogens is 2. The van der Waals surface area contributed by atoms with Gasteiger partial charge >= 0.3 is 0 Å². The number of nitrogens with two attached hydrogens (primary N) is 1. The van der Waals surface area contributed by atoms with E-state index in [4.69, 9.17) is 33.4 Å². The van der Waals surface area contributed by atoms with Gasteiger partial charge in [-0.05, 0) is 53.4 Å². The molecule has 0 spiro atoms. The lowest BCUT2D eigenvalue weighted by Gasteiger charge is -2.21. The summed E-state index contributed by atoms with van der Waals surface area (Å²) in [6.07, 6.45) is 0. The third-order valence-corrected chi connectivity index (χ3v) is 8.76. The number of rotatable bonds is 8. The average Bonchev–Trinajstić information content (AvgIpc) is 3.32. The van der Waals surface area contributed by atoms with Crippen molar-refractivity contribution in [1.29, 1.82) is 0 Å². The fourth-order valence-corrected chi connectivity index (χ4v) is 6.26. The Morgan fingerprint density at radius 3 is 2.18 bits per heavy atom. The van der Waals surface area contributed by atoms with Crippen LogP contribution in [0.3, 0.4) is 0 Å². The van der Waals surface area contributed by atoms with E-state index in [9.17, 15) is 16.8 Å². The van der Waals surface area contributed by atoms with Crippen LogP contribution in [0.25, 0.3) is 0 Å². The van der Waals surface area contributed by atoms with Gasteiger partial charge in [-0.2, -0.15) is 13.5 Å². The largest absolute Gasteiger partial charge is 0.354 e. The van der Waals surface area contributed by atoms with Gasteiger partial charge in [0.2, 0.25) is 16.0 Å². The van der Waals surface area contributed by atoms with Crippen molar-refractivity contribution in [2.45, 2.75) is 17.7 Å². The molecular weight excluding hydrogens is 581 g/mol. The summed E-state index contributed by atoms with van der Waals surface area (Å²) >= 11 is 12.0. The molecule has 1 heterocycles. The van der Waals surface area contributed by atoms with Crippen LogP contribution in [0.1, 0.15) is 24.0 Å². The molecule has 1 aliphatic heterocycles. The Labute approximate surface area is 238 Å². The fraction of sp³-hybridized carbons (Fsp3) is 0.231. The van der Waals surface area contributed by atoms with E-state index in [1.807, 2.05) is 42.5 Å². The maximum atomic E-state index is 13.2. The number of hydrogen-bond acceptors (Lipinski definition) is 5. The highest BCUT2D eigenvalue weighted by atomic mass is 35.5. The fourth-order valence-electron chi connectivity index (χ4n) is 4.13. The first-order chi connectivity index (χ1) is 18.4. The van der Waals surface area contributed by atoms with E-state index in [2.05, 4.69) is 9.71 Å². The molecule has 0 aromatic heterocycles. The first kappa shape index (κ1) is 29.0. The summed E-state index contributed by atoms with van der Waals surface area (Å²) in [6.45, 7) is 2.05. The van der Waals surface area contributed by atoms with Gasteiger partial charge in [-0.3, -0.25) is 0 Å². The molecule has 0 fully saturated rings. The number of hydrogen-bond donors (Lipinski definition) is 2. The van der Waals surface area contributed by atoms with E-state index in [-0.39, 0.29) is 35.6 Å². The summed E-state index contributed by atoms with van der Waals surface area (Å²) in [5, 5.41) is 15.4. The smallest absolute Gasteiger partial charge is 0.285 e. The minimum absolute atomic E-state index is 0.0453. The maximum Gasteiger partial charge on any atom is 0.285 e. The summed E-state index contributed by atoms with van der Waals surface area (Å²) in [6, 6.07) is 22.6. The van der Waals surface area contributed by atoms with Gasteiger partial charge in [0.1, 0.15) is 0 Å². The van der Waals surface area contributed by atoms with Gasteiger partial charge in [-0.25, -0.2) is 18.6 Å². The maximum absolute atomic E-state index is 13.2. The zero-order valence-corrected chi connectivity index (χ0v) is 24.1. The van der Waals surface area contributed by atoms with Gasteiger partial charge in [-0.1, -0.05) is 72.6 Å². The van der Waals surface area contributed by atoms with E-state index in [0.29, 0.717) is 15.8 Å². The highest BCUT2D eigenvalue weighted by molar-refractivity contribution is 7.90. The lowest BCUT2D eigenvalue weighted by molar-refractivity contribution is 0.448. The minimum Gasteiger partial charge on any atom is -0.354 e. The van der Waals surface area contributed by atoms with E-state index in [1.165, 1.54) is 29.3 Å². The summed E-state index contributed by atoms with van der Waals surface area (Å²) in [5.74, 6) is -0.977. The monoisotopic (exact) mass is 607 g/mol. The number of nitrogens with zero attached hydrogens (tertiary/aromatic N) is 3. The number of benzene rings is 3. The van der Waals surface area contributed by atoms with Crippen molar-refractivity contribution in [3.05, 3.63) is 100 Å². The molecule has 39 heavy (non-hydrogen) atoms. The minimum atomic E-state index is -4.17. The number of sulfonamides is 2. The molecule has 1 unspecified atom stereocenters. The van der Waals surface area contributed by atoms with Crippen LogP contribution in [0.15, 0.2) is 93.3 Å². The molecule has 0 saturated carbocycles. The molecule has 0 radical (unpaired) electrons. The Morgan fingerprint density at radius 1 is 1.00 bits per heavy atom. The zero-order chi connectivity index (χ0) is 28.2. The summed E-state index contributed by atoms with van der Waals surface area (Å²) < 4.78 is 53.7. The summed E-state index contributed by atoms with van der Waals surface area (Å²) in [5.41, 5.74) is 2.50. The first-order valence-corrected chi connectivity index (χ1v) is 15.8. The van der Waals surface area contributed by atoms with Crippen LogP contribution in [0.5, 0.6) is 0 Å². The topological polar surface area (TPSA) is 134 Å². The highest BCUT2D eigenvalue weighted by Gasteiger charge is 2.32. The second-order valence-corrected chi connectivity index (χ2v) is 13.3. The molecule has 0 bridgehead atoms. The van der Waals surface area contributed by atoms with Crippen molar-refractivity contribution in [3.63, 3.8) is 0 Å². The van der Waals surface area contributed by atoms with Crippen LogP contribution in [0, 0.1) is 5.92 Å². The Bertz CT molecular complexity index is 1580. The lowest BCUT2D eigenvalue weighted by atomic mass is 9.91. The molecule has 3 aromatic rings. The predicted molar refractivity (Wildman–Crippen MR) is 155 cm³/mol. The molecule has 206 valence electrons. The van der Waals surface area contributed by atoms with Crippen molar-refractivity contribution in [2.75, 3.05) is 18.8 Å². The van der Waals surface area contributed by atoms with Crippen molar-refractivity contribution < 1.29 is 16.8 Å². The van der Waals surface area contributed by atoms with Crippen molar-refractivity contribution >= 4 is 54.9 Å². The van der Waals surface area contributed by atoms with E-state index in [0.717, 1.165) is 11.1 Å². The Morgan fingerprint density at radius 2 is 1.59 bits per heavy atom. The third-order valence-electron chi connectivity index (χ3n) is 5.94. The van der Waals surface area contributed by atoms with Gasteiger partial charge in [0, 0.05) is 22.5 Å². The summed E-state index contributed by atoms with van der Waals surface area (Å²) in [4.78, 5) is -0.0514. The number of nitrogens with one attached hydrogen (secondary N) is 1. The van der Waals surface area contributed by atoms with Gasteiger partial charge in [0.15, 0.2) is 0 Å². The molecule has 4 rings (SSSR count). The van der Waals surface area contributed by atoms with Crippen molar-refractivity contribution in [1.82, 2.24) is 10.3 Å². The second-order valence-electron chi connectivity index (χ2n) is 9.20. The van der Waals surface area contributed by atoms with Gasteiger partial charge < -0.3 is 5.32 Å². The van der Waals surface area contributed by atoms with E-state index in [1.54, 1.807) is 19.1 Å². The van der Waals surface area contributed by atoms with Crippen LogP contribution < -0.4 is 10.5 Å². The normalized spacial score (nSPS) is 17.1. The molecule has 0 amide bonds. The highest BCUT2D eigenvalue weighted by Crippen LogP contribution is 2.30. The quantitative estimate of drug-likeness (QED) is 0.293.